The lowest BCUT2D eigenvalue weighted by molar-refractivity contribution is -0.384. The number of rotatable bonds is 6. The summed E-state index contributed by atoms with van der Waals surface area (Å²) in [5, 5.41) is 14.9. The number of hydrogen-bond donors (Lipinski definition) is 1. The van der Waals surface area contributed by atoms with E-state index in [-0.39, 0.29) is 22.5 Å². The summed E-state index contributed by atoms with van der Waals surface area (Å²) >= 11 is 0. The second kappa shape index (κ2) is 10.1. The summed E-state index contributed by atoms with van der Waals surface area (Å²) in [4.78, 5) is 27.6. The lowest BCUT2D eigenvalue weighted by atomic mass is 10.0. The monoisotopic (exact) mass is 487 g/mol. The van der Waals surface area contributed by atoms with E-state index < -0.39 is 14.9 Å². The first-order valence-corrected chi connectivity index (χ1v) is 12.8. The third kappa shape index (κ3) is 5.21. The number of carbonyl (C=O) groups is 1. The Kier molecular flexibility index (Phi) is 7.15. The molecule has 2 heterocycles. The van der Waals surface area contributed by atoms with Gasteiger partial charge < -0.3 is 15.1 Å². The molecule has 2 aliphatic rings. The number of piperidine rings is 1. The SMILES string of the molecule is CN1CCN(S(=O)(=O)c2ccc(N3CCC(NC(=O)c4ccccc4)CC3)c([N+](=O)[O-])c2)CC1. The summed E-state index contributed by atoms with van der Waals surface area (Å²) in [6.07, 6.45) is 1.27. The van der Waals surface area contributed by atoms with Gasteiger partial charge in [0.15, 0.2) is 0 Å². The Morgan fingerprint density at radius 3 is 2.26 bits per heavy atom. The smallest absolute Gasteiger partial charge is 0.293 e. The van der Waals surface area contributed by atoms with Crippen molar-refractivity contribution in [1.29, 1.82) is 0 Å². The summed E-state index contributed by atoms with van der Waals surface area (Å²) in [6, 6.07) is 13.1. The normalized spacial score (nSPS) is 18.6. The highest BCUT2D eigenvalue weighted by Gasteiger charge is 2.31. The molecule has 1 amide bonds. The van der Waals surface area contributed by atoms with E-state index in [0.717, 1.165) is 0 Å². The zero-order valence-electron chi connectivity index (χ0n) is 19.1. The number of hydrogen-bond acceptors (Lipinski definition) is 7. The molecule has 2 aromatic rings. The maximum absolute atomic E-state index is 13.0. The van der Waals surface area contributed by atoms with Gasteiger partial charge in [-0.2, -0.15) is 4.31 Å². The van der Waals surface area contributed by atoms with Crippen LogP contribution in [0.5, 0.6) is 0 Å². The van der Waals surface area contributed by atoms with Crippen molar-refractivity contribution in [3.8, 4) is 0 Å². The van der Waals surface area contributed by atoms with Crippen LogP contribution in [0.25, 0.3) is 0 Å². The number of sulfonamides is 1. The number of amides is 1. The van der Waals surface area contributed by atoms with E-state index in [1.807, 2.05) is 35.0 Å². The first-order chi connectivity index (χ1) is 16.3. The molecule has 2 aromatic carbocycles. The average Bonchev–Trinajstić information content (AvgIpc) is 2.85. The predicted octanol–water partition coefficient (Wildman–Crippen LogP) is 1.93. The summed E-state index contributed by atoms with van der Waals surface area (Å²) < 4.78 is 27.5. The van der Waals surface area contributed by atoms with E-state index in [9.17, 15) is 23.3 Å². The van der Waals surface area contributed by atoms with Gasteiger partial charge in [0.2, 0.25) is 10.0 Å². The van der Waals surface area contributed by atoms with Gasteiger partial charge in [-0.1, -0.05) is 18.2 Å². The van der Waals surface area contributed by atoms with Gasteiger partial charge in [-0.25, -0.2) is 8.42 Å². The number of nitro groups is 1. The van der Waals surface area contributed by atoms with Gasteiger partial charge in [0.1, 0.15) is 5.69 Å². The lowest BCUT2D eigenvalue weighted by Gasteiger charge is -2.34. The van der Waals surface area contributed by atoms with Crippen molar-refractivity contribution in [1.82, 2.24) is 14.5 Å². The summed E-state index contributed by atoms with van der Waals surface area (Å²) in [6.45, 7) is 2.99. The number of likely N-dealkylation sites (N-methyl/N-ethyl adjacent to an activating group) is 1. The van der Waals surface area contributed by atoms with Crippen LogP contribution in [-0.2, 0) is 10.0 Å². The van der Waals surface area contributed by atoms with Gasteiger partial charge in [-0.15, -0.1) is 0 Å². The minimum atomic E-state index is -3.80. The number of nitrogens with zero attached hydrogens (tertiary/aromatic N) is 4. The minimum Gasteiger partial charge on any atom is -0.366 e. The number of anilines is 1. The topological polar surface area (TPSA) is 116 Å². The van der Waals surface area contributed by atoms with Crippen molar-refractivity contribution in [2.45, 2.75) is 23.8 Å². The van der Waals surface area contributed by atoms with Gasteiger partial charge in [0.25, 0.3) is 11.6 Å². The predicted molar refractivity (Wildman–Crippen MR) is 128 cm³/mol. The van der Waals surface area contributed by atoms with Crippen molar-refractivity contribution >= 4 is 27.3 Å². The van der Waals surface area contributed by atoms with Crippen LogP contribution >= 0.6 is 0 Å². The van der Waals surface area contributed by atoms with Gasteiger partial charge >= 0.3 is 0 Å². The van der Waals surface area contributed by atoms with Gasteiger partial charge in [0.05, 0.1) is 9.82 Å². The Bertz CT molecular complexity index is 1140. The van der Waals surface area contributed by atoms with Crippen molar-refractivity contribution in [2.75, 3.05) is 51.2 Å². The third-order valence-electron chi connectivity index (χ3n) is 6.45. The Morgan fingerprint density at radius 2 is 1.65 bits per heavy atom. The second-order valence-electron chi connectivity index (χ2n) is 8.72. The standard InChI is InChI=1S/C23H29N5O5S/c1-25-13-15-27(16-14-25)34(32,33)20-7-8-21(22(17-20)28(30)31)26-11-9-19(10-12-26)24-23(29)18-5-3-2-4-6-18/h2-8,17,19H,9-16H2,1H3,(H,24,29). The highest BCUT2D eigenvalue weighted by Crippen LogP contribution is 2.33. The lowest BCUT2D eigenvalue weighted by Crippen LogP contribution is -2.47. The highest BCUT2D eigenvalue weighted by atomic mass is 32.2. The quantitative estimate of drug-likeness (QED) is 0.489. The fraction of sp³-hybridized carbons (Fsp3) is 0.435. The molecule has 10 nitrogen and oxygen atoms in total. The number of nitrogens with one attached hydrogen (secondary N) is 1. The molecule has 2 aliphatic heterocycles. The van der Waals surface area contributed by atoms with Crippen LogP contribution in [-0.4, -0.2) is 80.8 Å². The molecule has 0 aliphatic carbocycles. The minimum absolute atomic E-state index is 0.0279. The van der Waals surface area contributed by atoms with Crippen LogP contribution in [0, 0.1) is 10.1 Å². The Hall–Kier alpha value is -3.02. The second-order valence-corrected chi connectivity index (χ2v) is 10.7. The summed E-state index contributed by atoms with van der Waals surface area (Å²) in [5.41, 5.74) is 0.773. The molecule has 1 N–H and O–H groups in total. The largest absolute Gasteiger partial charge is 0.366 e. The molecule has 4 rings (SSSR count). The fourth-order valence-electron chi connectivity index (χ4n) is 4.38. The molecule has 11 heteroatoms. The van der Waals surface area contributed by atoms with Crippen LogP contribution in [0.1, 0.15) is 23.2 Å². The van der Waals surface area contributed by atoms with Crippen LogP contribution in [0.15, 0.2) is 53.4 Å². The Balaban J connectivity index is 1.45. The number of carbonyl (C=O) groups excluding carboxylic acids is 1. The molecule has 2 fully saturated rings. The van der Waals surface area contributed by atoms with Crippen molar-refractivity contribution < 1.29 is 18.1 Å². The van der Waals surface area contributed by atoms with Crippen molar-refractivity contribution in [2.24, 2.45) is 0 Å². The molecule has 0 aromatic heterocycles. The van der Waals surface area contributed by atoms with E-state index in [0.29, 0.717) is 63.4 Å². The number of benzene rings is 2. The van der Waals surface area contributed by atoms with Gasteiger partial charge in [-0.3, -0.25) is 14.9 Å². The number of piperazine rings is 1. The van der Waals surface area contributed by atoms with Crippen LogP contribution in [0.3, 0.4) is 0 Å². The Morgan fingerprint density at radius 1 is 1.00 bits per heavy atom. The van der Waals surface area contributed by atoms with Crippen LogP contribution in [0.4, 0.5) is 11.4 Å². The zero-order valence-corrected chi connectivity index (χ0v) is 19.9. The molecule has 0 saturated carbocycles. The average molecular weight is 488 g/mol. The summed E-state index contributed by atoms with van der Waals surface area (Å²) in [7, 11) is -1.87. The molecule has 182 valence electrons. The molecule has 0 atom stereocenters. The van der Waals surface area contributed by atoms with E-state index in [1.165, 1.54) is 22.5 Å². The van der Waals surface area contributed by atoms with Gasteiger partial charge in [0, 0.05) is 56.9 Å². The molecule has 0 unspecified atom stereocenters. The van der Waals surface area contributed by atoms with Crippen LogP contribution in [0.2, 0.25) is 0 Å². The van der Waals surface area contributed by atoms with E-state index >= 15 is 0 Å². The molecule has 0 radical (unpaired) electrons. The zero-order chi connectivity index (χ0) is 24.3. The van der Waals surface area contributed by atoms with Crippen molar-refractivity contribution in [3.05, 3.63) is 64.2 Å². The first kappa shape index (κ1) is 24.1. The highest BCUT2D eigenvalue weighted by molar-refractivity contribution is 7.89. The molecule has 0 bridgehead atoms. The maximum atomic E-state index is 13.0. The molecule has 2 saturated heterocycles. The van der Waals surface area contributed by atoms with E-state index in [4.69, 9.17) is 0 Å². The molecular weight excluding hydrogens is 458 g/mol. The van der Waals surface area contributed by atoms with Crippen molar-refractivity contribution in [3.63, 3.8) is 0 Å². The van der Waals surface area contributed by atoms with E-state index in [1.54, 1.807) is 12.1 Å². The third-order valence-corrected chi connectivity index (χ3v) is 8.35. The molecular formula is C23H29N5O5S. The maximum Gasteiger partial charge on any atom is 0.293 e. The van der Waals surface area contributed by atoms with Crippen LogP contribution < -0.4 is 10.2 Å². The number of nitro benzene ring substituents is 1. The fourth-order valence-corrected chi connectivity index (χ4v) is 5.82. The molecule has 0 spiro atoms. The van der Waals surface area contributed by atoms with E-state index in [2.05, 4.69) is 5.32 Å². The van der Waals surface area contributed by atoms with Gasteiger partial charge in [-0.05, 0) is 44.2 Å². The molecule has 34 heavy (non-hydrogen) atoms. The summed E-state index contributed by atoms with van der Waals surface area (Å²) in [5.74, 6) is -0.136. The Labute approximate surface area is 199 Å². The first-order valence-electron chi connectivity index (χ1n) is 11.3.